The fraction of sp³-hybridized carbons (Fsp3) is 0.200. The first-order valence-corrected chi connectivity index (χ1v) is 6.34. The summed E-state index contributed by atoms with van der Waals surface area (Å²) in [6, 6.07) is 8.18. The Labute approximate surface area is 120 Å². The molecule has 0 heterocycles. The van der Waals surface area contributed by atoms with E-state index in [0.717, 1.165) is 0 Å². The minimum Gasteiger partial charge on any atom is -0.497 e. The Balaban J connectivity index is 2.23. The van der Waals surface area contributed by atoms with E-state index < -0.39 is 17.7 Å². The SMILES string of the molecule is COc1ccc(C(O)Cc2cc(Cl)ccc2F)c(F)c1. The minimum absolute atomic E-state index is 0.0599. The normalized spacial score (nSPS) is 12.2. The van der Waals surface area contributed by atoms with Crippen molar-refractivity contribution in [2.45, 2.75) is 12.5 Å². The standard InChI is InChI=1S/C15H13ClF2O2/c1-20-11-3-4-12(14(18)8-11)15(19)7-9-6-10(16)2-5-13(9)17/h2-6,8,15,19H,7H2,1H3. The van der Waals surface area contributed by atoms with E-state index in [-0.39, 0.29) is 17.5 Å². The van der Waals surface area contributed by atoms with Crippen LogP contribution in [0.5, 0.6) is 5.75 Å². The number of aliphatic hydroxyl groups excluding tert-OH is 1. The fourth-order valence-corrected chi connectivity index (χ4v) is 2.12. The van der Waals surface area contributed by atoms with Gasteiger partial charge in [0.1, 0.15) is 17.4 Å². The topological polar surface area (TPSA) is 29.5 Å². The van der Waals surface area contributed by atoms with Crippen molar-refractivity contribution in [1.82, 2.24) is 0 Å². The monoisotopic (exact) mass is 298 g/mol. The molecule has 0 saturated heterocycles. The molecule has 1 N–H and O–H groups in total. The first-order valence-electron chi connectivity index (χ1n) is 5.96. The molecule has 1 unspecified atom stereocenters. The number of hydrogen-bond donors (Lipinski definition) is 1. The van der Waals surface area contributed by atoms with E-state index >= 15 is 0 Å². The third-order valence-corrected chi connectivity index (χ3v) is 3.22. The van der Waals surface area contributed by atoms with Crippen LogP contribution in [0.1, 0.15) is 17.2 Å². The molecule has 5 heteroatoms. The summed E-state index contributed by atoms with van der Waals surface area (Å²) in [6.45, 7) is 0. The molecule has 0 fully saturated rings. The molecule has 2 rings (SSSR count). The van der Waals surface area contributed by atoms with Crippen LogP contribution < -0.4 is 4.74 Å². The van der Waals surface area contributed by atoms with E-state index in [9.17, 15) is 13.9 Å². The molecule has 0 aliphatic carbocycles. The smallest absolute Gasteiger partial charge is 0.132 e. The van der Waals surface area contributed by atoms with Gasteiger partial charge < -0.3 is 9.84 Å². The molecular weight excluding hydrogens is 286 g/mol. The Morgan fingerprint density at radius 2 is 1.90 bits per heavy atom. The molecule has 2 nitrogen and oxygen atoms in total. The number of benzene rings is 2. The van der Waals surface area contributed by atoms with Crippen molar-refractivity contribution in [3.05, 3.63) is 64.2 Å². The zero-order valence-corrected chi connectivity index (χ0v) is 11.5. The van der Waals surface area contributed by atoms with Gasteiger partial charge in [0, 0.05) is 23.1 Å². The van der Waals surface area contributed by atoms with E-state index in [1.807, 2.05) is 0 Å². The third kappa shape index (κ3) is 3.26. The molecule has 106 valence electrons. The lowest BCUT2D eigenvalue weighted by Gasteiger charge is -2.13. The van der Waals surface area contributed by atoms with E-state index in [2.05, 4.69) is 0 Å². The third-order valence-electron chi connectivity index (χ3n) is 2.99. The number of hydrogen-bond acceptors (Lipinski definition) is 2. The van der Waals surface area contributed by atoms with Crippen LogP contribution in [0.3, 0.4) is 0 Å². The van der Waals surface area contributed by atoms with Crippen LogP contribution in [-0.4, -0.2) is 12.2 Å². The highest BCUT2D eigenvalue weighted by molar-refractivity contribution is 6.30. The maximum atomic E-state index is 13.8. The molecule has 2 aromatic carbocycles. The van der Waals surface area contributed by atoms with E-state index in [1.165, 1.54) is 43.5 Å². The number of ether oxygens (including phenoxy) is 1. The van der Waals surface area contributed by atoms with Crippen LogP contribution in [0.2, 0.25) is 5.02 Å². The van der Waals surface area contributed by atoms with Crippen LogP contribution in [0.15, 0.2) is 36.4 Å². The minimum atomic E-state index is -1.16. The zero-order chi connectivity index (χ0) is 14.7. The molecule has 1 atom stereocenters. The molecule has 0 aromatic heterocycles. The average Bonchev–Trinajstić information content (AvgIpc) is 2.42. The van der Waals surface area contributed by atoms with Crippen molar-refractivity contribution in [3.8, 4) is 5.75 Å². The summed E-state index contributed by atoms with van der Waals surface area (Å²) in [6.07, 6.45) is -1.22. The van der Waals surface area contributed by atoms with Crippen molar-refractivity contribution in [3.63, 3.8) is 0 Å². The van der Waals surface area contributed by atoms with Crippen LogP contribution in [0.4, 0.5) is 8.78 Å². The highest BCUT2D eigenvalue weighted by atomic mass is 35.5. The van der Waals surface area contributed by atoms with Gasteiger partial charge in [-0.25, -0.2) is 8.78 Å². The van der Waals surface area contributed by atoms with Crippen molar-refractivity contribution >= 4 is 11.6 Å². The van der Waals surface area contributed by atoms with Gasteiger partial charge in [0.05, 0.1) is 13.2 Å². The lowest BCUT2D eigenvalue weighted by Crippen LogP contribution is -2.06. The summed E-state index contributed by atoms with van der Waals surface area (Å²) in [7, 11) is 1.42. The molecule has 0 aliphatic heterocycles. The Kier molecular flexibility index (Phi) is 4.57. The Morgan fingerprint density at radius 3 is 2.55 bits per heavy atom. The lowest BCUT2D eigenvalue weighted by atomic mass is 10.0. The van der Waals surface area contributed by atoms with Gasteiger partial charge in [-0.05, 0) is 35.9 Å². The average molecular weight is 299 g/mol. The van der Waals surface area contributed by atoms with Gasteiger partial charge in [-0.3, -0.25) is 0 Å². The van der Waals surface area contributed by atoms with Gasteiger partial charge in [0.25, 0.3) is 0 Å². The molecule has 0 bridgehead atoms. The molecular formula is C15H13ClF2O2. The Hall–Kier alpha value is -1.65. The summed E-state index contributed by atoms with van der Waals surface area (Å²) in [5.74, 6) is -0.728. The predicted molar refractivity (Wildman–Crippen MR) is 73.0 cm³/mol. The molecule has 0 amide bonds. The van der Waals surface area contributed by atoms with E-state index in [1.54, 1.807) is 0 Å². The summed E-state index contributed by atoms with van der Waals surface area (Å²) in [5.41, 5.74) is 0.324. The lowest BCUT2D eigenvalue weighted by molar-refractivity contribution is 0.172. The molecule has 20 heavy (non-hydrogen) atoms. The first kappa shape index (κ1) is 14.8. The molecule has 2 aromatic rings. The summed E-state index contributed by atoms with van der Waals surface area (Å²) < 4.78 is 32.3. The van der Waals surface area contributed by atoms with Crippen LogP contribution in [0, 0.1) is 11.6 Å². The van der Waals surface area contributed by atoms with Gasteiger partial charge in [-0.15, -0.1) is 0 Å². The number of aliphatic hydroxyl groups is 1. The van der Waals surface area contributed by atoms with Crippen molar-refractivity contribution in [2.24, 2.45) is 0 Å². The molecule has 0 saturated carbocycles. The summed E-state index contributed by atoms with van der Waals surface area (Å²) in [5, 5.41) is 10.4. The maximum Gasteiger partial charge on any atom is 0.132 e. The highest BCUT2D eigenvalue weighted by Gasteiger charge is 2.16. The summed E-state index contributed by atoms with van der Waals surface area (Å²) in [4.78, 5) is 0. The second-order valence-electron chi connectivity index (χ2n) is 4.34. The van der Waals surface area contributed by atoms with Gasteiger partial charge in [-0.1, -0.05) is 11.6 Å². The number of methoxy groups -OCH3 is 1. The van der Waals surface area contributed by atoms with Crippen molar-refractivity contribution in [1.29, 1.82) is 0 Å². The maximum absolute atomic E-state index is 13.8. The van der Waals surface area contributed by atoms with Crippen LogP contribution in [0.25, 0.3) is 0 Å². The second-order valence-corrected chi connectivity index (χ2v) is 4.78. The zero-order valence-electron chi connectivity index (χ0n) is 10.7. The first-order chi connectivity index (χ1) is 9.51. The van der Waals surface area contributed by atoms with Crippen LogP contribution >= 0.6 is 11.6 Å². The van der Waals surface area contributed by atoms with Gasteiger partial charge in [0.15, 0.2) is 0 Å². The molecule has 0 radical (unpaired) electrons. The Morgan fingerprint density at radius 1 is 1.15 bits per heavy atom. The van der Waals surface area contributed by atoms with E-state index in [0.29, 0.717) is 10.8 Å². The van der Waals surface area contributed by atoms with Crippen molar-refractivity contribution in [2.75, 3.05) is 7.11 Å². The largest absolute Gasteiger partial charge is 0.497 e. The van der Waals surface area contributed by atoms with Gasteiger partial charge in [0.2, 0.25) is 0 Å². The quantitative estimate of drug-likeness (QED) is 0.927. The predicted octanol–water partition coefficient (Wildman–Crippen LogP) is 3.90. The number of halogens is 3. The molecule has 0 spiro atoms. The summed E-state index contributed by atoms with van der Waals surface area (Å²) >= 11 is 5.78. The second kappa shape index (κ2) is 6.20. The number of rotatable bonds is 4. The van der Waals surface area contributed by atoms with Gasteiger partial charge >= 0.3 is 0 Å². The Bertz CT molecular complexity index is 617. The van der Waals surface area contributed by atoms with E-state index in [4.69, 9.17) is 16.3 Å². The van der Waals surface area contributed by atoms with Gasteiger partial charge in [-0.2, -0.15) is 0 Å². The fourth-order valence-electron chi connectivity index (χ4n) is 1.92. The highest BCUT2D eigenvalue weighted by Crippen LogP contribution is 2.26. The van der Waals surface area contributed by atoms with Crippen LogP contribution in [-0.2, 0) is 6.42 Å². The van der Waals surface area contributed by atoms with Crippen molar-refractivity contribution < 1.29 is 18.6 Å². The molecule has 0 aliphatic rings.